The van der Waals surface area contributed by atoms with Gasteiger partial charge in [-0.25, -0.2) is 0 Å². The molecule has 3 aromatic carbocycles. The molecule has 1 aliphatic rings. The van der Waals surface area contributed by atoms with Crippen molar-refractivity contribution in [3.05, 3.63) is 101 Å². The van der Waals surface area contributed by atoms with Crippen LogP contribution in [-0.2, 0) is 10.2 Å². The van der Waals surface area contributed by atoms with Gasteiger partial charge in [0.25, 0.3) is 5.91 Å². The van der Waals surface area contributed by atoms with Gasteiger partial charge in [0.05, 0.1) is 7.11 Å². The van der Waals surface area contributed by atoms with Crippen LogP contribution < -0.4 is 9.64 Å². The molecule has 0 saturated heterocycles. The summed E-state index contributed by atoms with van der Waals surface area (Å²) in [5.41, 5.74) is 5.14. The summed E-state index contributed by atoms with van der Waals surface area (Å²) in [5.74, 6) is 0.791. The highest BCUT2D eigenvalue weighted by atomic mass is 16.5. The maximum atomic E-state index is 13.5. The average molecular weight is 426 g/mol. The van der Waals surface area contributed by atoms with Gasteiger partial charge in [-0.05, 0) is 68.2 Å². The molecule has 3 aromatic rings. The number of anilines is 1. The van der Waals surface area contributed by atoms with Gasteiger partial charge < -0.3 is 9.64 Å². The van der Waals surface area contributed by atoms with Gasteiger partial charge >= 0.3 is 0 Å². The molecular formula is C29H31NO2. The molecule has 0 saturated carbocycles. The number of carbonyl (C=O) groups is 1. The van der Waals surface area contributed by atoms with Crippen LogP contribution in [-0.4, -0.2) is 18.6 Å². The number of methoxy groups -OCH3 is 1. The van der Waals surface area contributed by atoms with E-state index in [4.69, 9.17) is 4.74 Å². The molecule has 0 aliphatic carbocycles. The number of aryl methyl sites for hydroxylation is 1. The summed E-state index contributed by atoms with van der Waals surface area (Å²) in [5, 5.41) is 0. The van der Waals surface area contributed by atoms with E-state index in [9.17, 15) is 4.79 Å². The summed E-state index contributed by atoms with van der Waals surface area (Å²) >= 11 is 0. The maximum absolute atomic E-state index is 13.5. The van der Waals surface area contributed by atoms with Gasteiger partial charge in [0.2, 0.25) is 0 Å². The Kier molecular flexibility index (Phi) is 5.68. The van der Waals surface area contributed by atoms with Gasteiger partial charge in [0.1, 0.15) is 5.75 Å². The lowest BCUT2D eigenvalue weighted by Gasteiger charge is -2.51. The van der Waals surface area contributed by atoms with Crippen LogP contribution in [0.3, 0.4) is 0 Å². The van der Waals surface area contributed by atoms with E-state index >= 15 is 0 Å². The molecule has 0 spiro atoms. The Hall–Kier alpha value is -3.33. The van der Waals surface area contributed by atoms with Gasteiger partial charge in [-0.15, -0.1) is 0 Å². The van der Waals surface area contributed by atoms with Gasteiger partial charge in [-0.2, -0.15) is 0 Å². The van der Waals surface area contributed by atoms with Crippen molar-refractivity contribution in [2.45, 2.75) is 45.1 Å². The van der Waals surface area contributed by atoms with Crippen molar-refractivity contribution >= 4 is 17.7 Å². The third-order valence-corrected chi connectivity index (χ3v) is 6.57. The zero-order valence-electron chi connectivity index (χ0n) is 19.6. The first-order valence-electron chi connectivity index (χ1n) is 11.1. The van der Waals surface area contributed by atoms with Crippen LogP contribution in [0, 0.1) is 6.92 Å². The predicted molar refractivity (Wildman–Crippen MR) is 132 cm³/mol. The first kappa shape index (κ1) is 21.9. The van der Waals surface area contributed by atoms with Crippen LogP contribution in [0.25, 0.3) is 6.08 Å². The summed E-state index contributed by atoms with van der Waals surface area (Å²) in [7, 11) is 1.65. The zero-order chi connectivity index (χ0) is 22.9. The molecule has 0 aromatic heterocycles. The van der Waals surface area contributed by atoms with Gasteiger partial charge in [-0.3, -0.25) is 4.79 Å². The van der Waals surface area contributed by atoms with Crippen molar-refractivity contribution in [3.8, 4) is 5.75 Å². The fourth-order valence-electron chi connectivity index (χ4n) is 5.05. The van der Waals surface area contributed by atoms with Crippen molar-refractivity contribution in [2.75, 3.05) is 12.0 Å². The Bertz CT molecular complexity index is 1140. The molecule has 0 N–H and O–H groups in total. The highest BCUT2D eigenvalue weighted by Crippen LogP contribution is 2.50. The number of amides is 1. The van der Waals surface area contributed by atoms with Crippen molar-refractivity contribution < 1.29 is 9.53 Å². The van der Waals surface area contributed by atoms with E-state index in [1.807, 2.05) is 41.3 Å². The SMILES string of the molecule is COc1ccc(/C=C/C(=O)N2c3ccccc3[C@](C)(c3ccc(C)cc3)CC2(C)C)cc1. The van der Waals surface area contributed by atoms with Crippen molar-refractivity contribution in [3.63, 3.8) is 0 Å². The standard InChI is InChI=1S/C29H31NO2/c1-21-10-15-23(16-11-21)29(4)20-28(2,3)30(26-9-7-6-8-25(26)29)27(31)19-14-22-12-17-24(32-5)18-13-22/h6-19H,20H2,1-5H3/b19-14+/t29-/m0/s1. The number of hydrogen-bond acceptors (Lipinski definition) is 2. The molecule has 164 valence electrons. The van der Waals surface area contributed by atoms with Crippen LogP contribution in [0.4, 0.5) is 5.69 Å². The molecule has 1 heterocycles. The van der Waals surface area contributed by atoms with E-state index in [0.717, 1.165) is 23.4 Å². The summed E-state index contributed by atoms with van der Waals surface area (Å²) in [6, 6.07) is 24.8. The van der Waals surface area contributed by atoms with Crippen LogP contribution in [0.2, 0.25) is 0 Å². The fraction of sp³-hybridized carbons (Fsp3) is 0.276. The minimum Gasteiger partial charge on any atom is -0.497 e. The average Bonchev–Trinajstić information content (AvgIpc) is 2.78. The Balaban J connectivity index is 1.73. The smallest absolute Gasteiger partial charge is 0.251 e. The topological polar surface area (TPSA) is 29.5 Å². The third kappa shape index (κ3) is 3.95. The number of nitrogens with zero attached hydrogens (tertiary/aromatic N) is 1. The number of rotatable bonds is 4. The van der Waals surface area contributed by atoms with Crippen molar-refractivity contribution in [2.24, 2.45) is 0 Å². The number of para-hydroxylation sites is 1. The first-order chi connectivity index (χ1) is 15.2. The van der Waals surface area contributed by atoms with E-state index in [1.54, 1.807) is 13.2 Å². The molecule has 3 nitrogen and oxygen atoms in total. The lowest BCUT2D eigenvalue weighted by molar-refractivity contribution is -0.115. The number of benzene rings is 3. The van der Waals surface area contributed by atoms with E-state index in [-0.39, 0.29) is 16.9 Å². The summed E-state index contributed by atoms with van der Waals surface area (Å²) in [6.07, 6.45) is 4.38. The van der Waals surface area contributed by atoms with Crippen molar-refractivity contribution in [1.29, 1.82) is 0 Å². The van der Waals surface area contributed by atoms with Crippen LogP contribution in [0.15, 0.2) is 78.9 Å². The van der Waals surface area contributed by atoms with Crippen molar-refractivity contribution in [1.82, 2.24) is 0 Å². The third-order valence-electron chi connectivity index (χ3n) is 6.57. The number of carbonyl (C=O) groups excluding carboxylic acids is 1. The molecule has 1 amide bonds. The molecule has 4 rings (SSSR count). The molecule has 0 radical (unpaired) electrons. The number of fused-ring (bicyclic) bond motifs is 1. The van der Waals surface area contributed by atoms with Crippen LogP contribution in [0.1, 0.15) is 49.4 Å². The van der Waals surface area contributed by atoms with Gasteiger partial charge in [-0.1, -0.05) is 67.1 Å². The molecule has 0 fully saturated rings. The van der Waals surface area contributed by atoms with E-state index in [2.05, 4.69) is 70.2 Å². The Labute approximate surface area is 191 Å². The van der Waals surface area contributed by atoms with Crippen LogP contribution >= 0.6 is 0 Å². The zero-order valence-corrected chi connectivity index (χ0v) is 19.6. The lowest BCUT2D eigenvalue weighted by Crippen LogP contribution is -2.55. The second-order valence-electron chi connectivity index (χ2n) is 9.48. The highest BCUT2D eigenvalue weighted by Gasteiger charge is 2.47. The Morgan fingerprint density at radius 3 is 2.25 bits per heavy atom. The normalized spacial score (nSPS) is 19.6. The summed E-state index contributed by atoms with van der Waals surface area (Å²) < 4.78 is 5.22. The fourth-order valence-corrected chi connectivity index (χ4v) is 5.05. The monoisotopic (exact) mass is 425 g/mol. The quantitative estimate of drug-likeness (QED) is 0.444. The lowest BCUT2D eigenvalue weighted by atomic mass is 9.65. The summed E-state index contributed by atoms with van der Waals surface area (Å²) in [4.78, 5) is 15.4. The molecule has 1 atom stereocenters. The second-order valence-corrected chi connectivity index (χ2v) is 9.48. The summed E-state index contributed by atoms with van der Waals surface area (Å²) in [6.45, 7) is 8.73. The largest absolute Gasteiger partial charge is 0.497 e. The molecule has 32 heavy (non-hydrogen) atoms. The molecule has 3 heteroatoms. The van der Waals surface area contributed by atoms with E-state index in [1.165, 1.54) is 16.7 Å². The predicted octanol–water partition coefficient (Wildman–Crippen LogP) is 6.54. The second kappa shape index (κ2) is 8.31. The Morgan fingerprint density at radius 2 is 1.59 bits per heavy atom. The van der Waals surface area contributed by atoms with E-state index < -0.39 is 0 Å². The molecule has 0 unspecified atom stereocenters. The molecule has 1 aliphatic heterocycles. The Morgan fingerprint density at radius 1 is 0.938 bits per heavy atom. The van der Waals surface area contributed by atoms with E-state index in [0.29, 0.717) is 0 Å². The minimum absolute atomic E-state index is 0.00998. The highest BCUT2D eigenvalue weighted by molar-refractivity contribution is 6.06. The first-order valence-corrected chi connectivity index (χ1v) is 11.1. The van der Waals surface area contributed by atoms with Gasteiger partial charge in [0.15, 0.2) is 0 Å². The molecular weight excluding hydrogens is 394 g/mol. The van der Waals surface area contributed by atoms with Crippen LogP contribution in [0.5, 0.6) is 5.75 Å². The van der Waals surface area contributed by atoms with Gasteiger partial charge in [0, 0.05) is 22.7 Å². The number of ether oxygens (including phenoxy) is 1. The maximum Gasteiger partial charge on any atom is 0.251 e. The minimum atomic E-state index is -0.352. The molecule has 0 bridgehead atoms. The number of hydrogen-bond donors (Lipinski definition) is 0.